The molecule has 3 aromatic carbocycles. The lowest BCUT2D eigenvalue weighted by Gasteiger charge is -2.12. The molecule has 0 saturated carbocycles. The van der Waals surface area contributed by atoms with Gasteiger partial charge in [-0.05, 0) is 60.7 Å². The second-order valence-electron chi connectivity index (χ2n) is 6.50. The summed E-state index contributed by atoms with van der Waals surface area (Å²) < 4.78 is 70.8. The number of hydrogen-bond donors (Lipinski definition) is 2. The van der Waals surface area contributed by atoms with Crippen LogP contribution < -0.4 is 14.8 Å². The zero-order chi connectivity index (χ0) is 23.4. The molecule has 3 rings (SSSR count). The summed E-state index contributed by atoms with van der Waals surface area (Å²) >= 11 is 5.84. The molecule has 0 aromatic heterocycles. The predicted octanol–water partition coefficient (Wildman–Crippen LogP) is 5.18. The van der Waals surface area contributed by atoms with Crippen molar-refractivity contribution in [1.82, 2.24) is 0 Å². The Morgan fingerprint density at radius 1 is 0.938 bits per heavy atom. The summed E-state index contributed by atoms with van der Waals surface area (Å²) in [7, 11) is -4.13. The van der Waals surface area contributed by atoms with E-state index in [-0.39, 0.29) is 22.9 Å². The number of ether oxygens (including phenoxy) is 1. The third-order valence-corrected chi connectivity index (χ3v) is 5.69. The van der Waals surface area contributed by atoms with Crippen molar-refractivity contribution in [2.24, 2.45) is 0 Å². The van der Waals surface area contributed by atoms with Crippen LogP contribution in [0.15, 0.2) is 77.7 Å². The number of alkyl halides is 3. The zero-order valence-electron chi connectivity index (χ0n) is 16.2. The predicted molar refractivity (Wildman–Crippen MR) is 114 cm³/mol. The number of sulfonamides is 1. The fraction of sp³-hybridized carbons (Fsp3) is 0.0952. The van der Waals surface area contributed by atoms with Crippen LogP contribution in [0, 0.1) is 0 Å². The van der Waals surface area contributed by atoms with Gasteiger partial charge in [0.05, 0.1) is 10.5 Å². The van der Waals surface area contributed by atoms with E-state index in [1.165, 1.54) is 30.3 Å². The minimum Gasteiger partial charge on any atom is -0.484 e. The second kappa shape index (κ2) is 9.49. The molecule has 32 heavy (non-hydrogen) atoms. The maximum Gasteiger partial charge on any atom is 0.416 e. The number of carbonyl (C=O) groups excluding carboxylic acids is 1. The fourth-order valence-electron chi connectivity index (χ4n) is 2.60. The third kappa shape index (κ3) is 6.38. The minimum absolute atomic E-state index is 0.189. The summed E-state index contributed by atoms with van der Waals surface area (Å²) in [6.45, 7) is -0.332. The summed E-state index contributed by atoms with van der Waals surface area (Å²) in [6, 6.07) is 15.5. The lowest BCUT2D eigenvalue weighted by molar-refractivity contribution is -0.137. The SMILES string of the molecule is O=C(COc1ccc(S(=O)(=O)Nc2cccc(C(F)(F)F)c2)cc1)Nc1cccc(Cl)c1. The Hall–Kier alpha value is -3.24. The summed E-state index contributed by atoms with van der Waals surface area (Å²) in [5.74, 6) is -0.223. The highest BCUT2D eigenvalue weighted by Gasteiger charge is 2.30. The van der Waals surface area contributed by atoms with Gasteiger partial charge in [0.2, 0.25) is 0 Å². The van der Waals surface area contributed by atoms with E-state index in [0.717, 1.165) is 12.1 Å². The van der Waals surface area contributed by atoms with Gasteiger partial charge >= 0.3 is 6.18 Å². The summed E-state index contributed by atoms with van der Waals surface area (Å²) in [4.78, 5) is 11.8. The molecule has 0 heterocycles. The van der Waals surface area contributed by atoms with Crippen molar-refractivity contribution in [2.45, 2.75) is 11.1 Å². The van der Waals surface area contributed by atoms with Crippen LogP contribution in [0.1, 0.15) is 5.56 Å². The van der Waals surface area contributed by atoms with Crippen molar-refractivity contribution in [3.8, 4) is 5.75 Å². The van der Waals surface area contributed by atoms with E-state index in [9.17, 15) is 26.4 Å². The van der Waals surface area contributed by atoms with Crippen LogP contribution in [0.3, 0.4) is 0 Å². The largest absolute Gasteiger partial charge is 0.484 e. The minimum atomic E-state index is -4.60. The molecule has 2 N–H and O–H groups in total. The third-order valence-electron chi connectivity index (χ3n) is 4.05. The first kappa shape index (κ1) is 23.4. The van der Waals surface area contributed by atoms with E-state index < -0.39 is 27.7 Å². The molecule has 168 valence electrons. The van der Waals surface area contributed by atoms with Gasteiger partial charge in [0, 0.05) is 16.4 Å². The number of anilines is 2. The van der Waals surface area contributed by atoms with Gasteiger partial charge in [0.15, 0.2) is 6.61 Å². The Labute approximate surface area is 187 Å². The Balaban J connectivity index is 1.61. The van der Waals surface area contributed by atoms with Crippen LogP contribution in [0.5, 0.6) is 5.75 Å². The average molecular weight is 485 g/mol. The lowest BCUT2D eigenvalue weighted by Crippen LogP contribution is -2.20. The van der Waals surface area contributed by atoms with Crippen molar-refractivity contribution in [3.05, 3.63) is 83.4 Å². The van der Waals surface area contributed by atoms with E-state index >= 15 is 0 Å². The Morgan fingerprint density at radius 2 is 1.59 bits per heavy atom. The maximum atomic E-state index is 12.8. The average Bonchev–Trinajstić information content (AvgIpc) is 2.72. The molecule has 0 fully saturated rings. The summed E-state index contributed by atoms with van der Waals surface area (Å²) in [5.41, 5.74) is -0.705. The molecule has 0 aliphatic heterocycles. The molecule has 0 atom stereocenters. The second-order valence-corrected chi connectivity index (χ2v) is 8.62. The van der Waals surface area contributed by atoms with Gasteiger partial charge in [0.1, 0.15) is 5.75 Å². The number of amides is 1. The molecular weight excluding hydrogens is 469 g/mol. The molecule has 0 aliphatic carbocycles. The highest BCUT2D eigenvalue weighted by molar-refractivity contribution is 7.92. The Morgan fingerprint density at radius 3 is 2.25 bits per heavy atom. The summed E-state index contributed by atoms with van der Waals surface area (Å²) in [6.07, 6.45) is -4.60. The highest BCUT2D eigenvalue weighted by atomic mass is 35.5. The Bertz CT molecular complexity index is 1220. The van der Waals surface area contributed by atoms with E-state index in [1.54, 1.807) is 24.3 Å². The first-order valence-electron chi connectivity index (χ1n) is 9.01. The van der Waals surface area contributed by atoms with Crippen molar-refractivity contribution in [1.29, 1.82) is 0 Å². The molecule has 11 heteroatoms. The number of benzene rings is 3. The van der Waals surface area contributed by atoms with Crippen LogP contribution in [0.4, 0.5) is 24.5 Å². The van der Waals surface area contributed by atoms with Crippen LogP contribution in [-0.2, 0) is 21.0 Å². The monoisotopic (exact) mass is 484 g/mol. The van der Waals surface area contributed by atoms with Gasteiger partial charge in [-0.1, -0.05) is 23.7 Å². The zero-order valence-corrected chi connectivity index (χ0v) is 17.8. The Kier molecular flexibility index (Phi) is 6.95. The number of halogens is 4. The first-order valence-corrected chi connectivity index (χ1v) is 10.9. The molecule has 0 aliphatic rings. The normalized spacial score (nSPS) is 11.6. The molecule has 0 saturated heterocycles. The van der Waals surface area contributed by atoms with Crippen molar-refractivity contribution in [3.63, 3.8) is 0 Å². The van der Waals surface area contributed by atoms with Crippen LogP contribution in [-0.4, -0.2) is 20.9 Å². The quantitative estimate of drug-likeness (QED) is 0.484. The molecule has 0 unspecified atom stereocenters. The van der Waals surface area contributed by atoms with Gasteiger partial charge in [-0.3, -0.25) is 9.52 Å². The highest BCUT2D eigenvalue weighted by Crippen LogP contribution is 2.31. The van der Waals surface area contributed by atoms with Gasteiger partial charge in [-0.25, -0.2) is 8.42 Å². The van der Waals surface area contributed by atoms with Gasteiger partial charge in [-0.2, -0.15) is 13.2 Å². The number of rotatable bonds is 7. The van der Waals surface area contributed by atoms with Crippen LogP contribution in [0.2, 0.25) is 5.02 Å². The molecular formula is C21H16ClF3N2O4S. The van der Waals surface area contributed by atoms with Crippen LogP contribution >= 0.6 is 11.6 Å². The molecule has 0 radical (unpaired) electrons. The first-order chi connectivity index (χ1) is 15.0. The number of hydrogen-bond acceptors (Lipinski definition) is 4. The smallest absolute Gasteiger partial charge is 0.416 e. The standard InChI is InChI=1S/C21H16ClF3N2O4S/c22-15-4-2-5-16(12-15)26-20(28)13-31-18-7-9-19(10-8-18)32(29,30)27-17-6-1-3-14(11-17)21(23,24)25/h1-12,27H,13H2,(H,26,28). The summed E-state index contributed by atoms with van der Waals surface area (Å²) in [5, 5.41) is 3.05. The topological polar surface area (TPSA) is 84.5 Å². The fourth-order valence-corrected chi connectivity index (χ4v) is 3.84. The van der Waals surface area contributed by atoms with Gasteiger partial charge in [-0.15, -0.1) is 0 Å². The van der Waals surface area contributed by atoms with Crippen LogP contribution in [0.25, 0.3) is 0 Å². The molecule has 3 aromatic rings. The molecule has 6 nitrogen and oxygen atoms in total. The van der Waals surface area contributed by atoms with E-state index in [4.69, 9.17) is 16.3 Å². The van der Waals surface area contributed by atoms with Gasteiger partial charge in [0.25, 0.3) is 15.9 Å². The molecule has 0 spiro atoms. The van der Waals surface area contributed by atoms with Gasteiger partial charge < -0.3 is 10.1 Å². The number of nitrogens with one attached hydrogen (secondary N) is 2. The van der Waals surface area contributed by atoms with Crippen molar-refractivity contribution >= 4 is 38.9 Å². The van der Waals surface area contributed by atoms with E-state index in [1.807, 2.05) is 0 Å². The molecule has 0 bridgehead atoms. The van der Waals surface area contributed by atoms with Crippen molar-refractivity contribution < 1.29 is 31.1 Å². The number of carbonyl (C=O) groups is 1. The van der Waals surface area contributed by atoms with E-state index in [0.29, 0.717) is 16.8 Å². The maximum absolute atomic E-state index is 12.8. The van der Waals surface area contributed by atoms with Crippen molar-refractivity contribution in [2.75, 3.05) is 16.6 Å². The molecule has 1 amide bonds. The van der Waals surface area contributed by atoms with E-state index in [2.05, 4.69) is 10.0 Å². The lowest BCUT2D eigenvalue weighted by atomic mass is 10.2.